The highest BCUT2D eigenvalue weighted by atomic mass is 35.5. The number of halogens is 1. The van der Waals surface area contributed by atoms with Gasteiger partial charge in [0.05, 0.1) is 5.52 Å². The zero-order chi connectivity index (χ0) is 13.2. The van der Waals surface area contributed by atoms with Crippen molar-refractivity contribution in [1.29, 1.82) is 0 Å². The summed E-state index contributed by atoms with van der Waals surface area (Å²) in [6.07, 6.45) is 3.76. The number of rotatable bonds is 2. The Kier molecular flexibility index (Phi) is 3.56. The van der Waals surface area contributed by atoms with Gasteiger partial charge in [0.1, 0.15) is 5.82 Å². The van der Waals surface area contributed by atoms with Gasteiger partial charge in [0, 0.05) is 18.5 Å². The molecule has 0 bridgehead atoms. The van der Waals surface area contributed by atoms with E-state index >= 15 is 0 Å². The van der Waals surface area contributed by atoms with Crippen LogP contribution in [0.4, 0.5) is 5.82 Å². The molecule has 0 saturated carbocycles. The van der Waals surface area contributed by atoms with Crippen molar-refractivity contribution < 1.29 is 0 Å². The maximum atomic E-state index is 6.05. The third-order valence-electron chi connectivity index (χ3n) is 4.05. The molecule has 0 spiro atoms. The van der Waals surface area contributed by atoms with Gasteiger partial charge >= 0.3 is 0 Å². The maximum Gasteiger partial charge on any atom is 0.224 e. The molecular weight excluding hydrogens is 258 g/mol. The lowest BCUT2D eigenvalue weighted by Crippen LogP contribution is -2.34. The highest BCUT2D eigenvalue weighted by molar-refractivity contribution is 6.28. The van der Waals surface area contributed by atoms with Gasteiger partial charge in [-0.2, -0.15) is 4.98 Å². The van der Waals surface area contributed by atoms with Crippen LogP contribution in [0, 0.1) is 5.92 Å². The summed E-state index contributed by atoms with van der Waals surface area (Å²) in [6.45, 7) is 4.41. The van der Waals surface area contributed by atoms with E-state index in [9.17, 15) is 0 Å². The molecule has 4 heteroatoms. The third-order valence-corrected chi connectivity index (χ3v) is 4.22. The van der Waals surface area contributed by atoms with Gasteiger partial charge in [-0.15, -0.1) is 0 Å². The van der Waals surface area contributed by atoms with Gasteiger partial charge in [-0.05, 0) is 42.5 Å². The van der Waals surface area contributed by atoms with E-state index in [2.05, 4.69) is 27.9 Å². The van der Waals surface area contributed by atoms with E-state index in [0.717, 1.165) is 35.7 Å². The van der Waals surface area contributed by atoms with Crippen LogP contribution >= 0.6 is 11.6 Å². The fourth-order valence-electron chi connectivity index (χ4n) is 2.83. The third kappa shape index (κ3) is 2.52. The number of anilines is 1. The van der Waals surface area contributed by atoms with Crippen LogP contribution in [-0.4, -0.2) is 23.1 Å². The van der Waals surface area contributed by atoms with Crippen molar-refractivity contribution in [2.24, 2.45) is 5.92 Å². The van der Waals surface area contributed by atoms with Crippen molar-refractivity contribution in [2.45, 2.75) is 26.2 Å². The molecular formula is C15H18ClN3. The van der Waals surface area contributed by atoms with E-state index in [0.29, 0.717) is 5.28 Å². The Morgan fingerprint density at radius 3 is 2.68 bits per heavy atom. The van der Waals surface area contributed by atoms with E-state index in [1.165, 1.54) is 19.3 Å². The molecule has 0 unspecified atom stereocenters. The fraction of sp³-hybridized carbons (Fsp3) is 0.467. The molecule has 0 aliphatic carbocycles. The molecule has 3 rings (SSSR count). The lowest BCUT2D eigenvalue weighted by atomic mass is 9.94. The summed E-state index contributed by atoms with van der Waals surface area (Å²) >= 11 is 6.05. The van der Waals surface area contributed by atoms with Gasteiger partial charge in [0.15, 0.2) is 0 Å². The normalized spacial score (nSPS) is 17.1. The van der Waals surface area contributed by atoms with E-state index < -0.39 is 0 Å². The van der Waals surface area contributed by atoms with Crippen LogP contribution in [0.1, 0.15) is 26.2 Å². The van der Waals surface area contributed by atoms with Gasteiger partial charge in [0.25, 0.3) is 0 Å². The summed E-state index contributed by atoms with van der Waals surface area (Å²) in [6, 6.07) is 8.08. The Morgan fingerprint density at radius 1 is 1.21 bits per heavy atom. The molecule has 100 valence electrons. The van der Waals surface area contributed by atoms with Crippen LogP contribution < -0.4 is 4.90 Å². The molecule has 0 atom stereocenters. The zero-order valence-corrected chi connectivity index (χ0v) is 11.9. The molecule has 1 saturated heterocycles. The van der Waals surface area contributed by atoms with Gasteiger partial charge < -0.3 is 4.90 Å². The van der Waals surface area contributed by atoms with E-state index in [1.54, 1.807) is 0 Å². The minimum Gasteiger partial charge on any atom is -0.356 e. The van der Waals surface area contributed by atoms with Crippen molar-refractivity contribution in [2.75, 3.05) is 18.0 Å². The number of benzene rings is 1. The summed E-state index contributed by atoms with van der Waals surface area (Å²) in [5.74, 6) is 1.85. The summed E-state index contributed by atoms with van der Waals surface area (Å²) in [5, 5.41) is 1.44. The van der Waals surface area contributed by atoms with Crippen LogP contribution in [0.3, 0.4) is 0 Å². The number of para-hydroxylation sites is 1. The van der Waals surface area contributed by atoms with Crippen molar-refractivity contribution in [3.63, 3.8) is 0 Å². The summed E-state index contributed by atoms with van der Waals surface area (Å²) in [7, 11) is 0. The molecule has 19 heavy (non-hydrogen) atoms. The molecule has 0 N–H and O–H groups in total. The quantitative estimate of drug-likeness (QED) is 0.778. The Bertz CT molecular complexity index is 577. The number of fused-ring (bicyclic) bond motifs is 1. The fourth-order valence-corrected chi connectivity index (χ4v) is 3.00. The maximum absolute atomic E-state index is 6.05. The molecule has 1 aromatic heterocycles. The summed E-state index contributed by atoms with van der Waals surface area (Å²) < 4.78 is 0. The average molecular weight is 276 g/mol. The second-order valence-electron chi connectivity index (χ2n) is 5.17. The van der Waals surface area contributed by atoms with Crippen LogP contribution in [0.25, 0.3) is 10.9 Å². The first kappa shape index (κ1) is 12.7. The molecule has 0 radical (unpaired) electrons. The minimum absolute atomic E-state index is 0.339. The SMILES string of the molecule is CCC1CCN(c2nc(Cl)nc3ccccc23)CC1. The Labute approximate surface area is 118 Å². The molecule has 2 aromatic rings. The topological polar surface area (TPSA) is 29.0 Å². The number of hydrogen-bond donors (Lipinski definition) is 0. The average Bonchev–Trinajstić information content (AvgIpc) is 2.46. The van der Waals surface area contributed by atoms with Crippen LogP contribution in [0.15, 0.2) is 24.3 Å². The Hall–Kier alpha value is -1.35. The first-order valence-electron chi connectivity index (χ1n) is 6.95. The van der Waals surface area contributed by atoms with Crippen LogP contribution in [0.2, 0.25) is 5.28 Å². The predicted octanol–water partition coefficient (Wildman–Crippen LogP) is 3.91. The van der Waals surface area contributed by atoms with Crippen molar-refractivity contribution in [1.82, 2.24) is 9.97 Å². The molecule has 1 aliphatic heterocycles. The number of aromatic nitrogens is 2. The lowest BCUT2D eigenvalue weighted by molar-refractivity contribution is 0.394. The monoisotopic (exact) mass is 275 g/mol. The second kappa shape index (κ2) is 5.33. The molecule has 1 aliphatic rings. The van der Waals surface area contributed by atoms with Gasteiger partial charge in [0.2, 0.25) is 5.28 Å². The molecule has 3 nitrogen and oxygen atoms in total. The molecule has 0 amide bonds. The number of nitrogens with zero attached hydrogens (tertiary/aromatic N) is 3. The first-order chi connectivity index (χ1) is 9.28. The van der Waals surface area contributed by atoms with Crippen molar-refractivity contribution in [3.05, 3.63) is 29.5 Å². The highest BCUT2D eigenvalue weighted by Gasteiger charge is 2.21. The Balaban J connectivity index is 1.96. The molecule has 1 fully saturated rings. The second-order valence-corrected chi connectivity index (χ2v) is 5.51. The van der Waals surface area contributed by atoms with Crippen LogP contribution in [0.5, 0.6) is 0 Å². The standard InChI is InChI=1S/C15H18ClN3/c1-2-11-7-9-19(10-8-11)14-12-5-3-4-6-13(12)17-15(16)18-14/h3-6,11H,2,7-10H2,1H3. The first-order valence-corrected chi connectivity index (χ1v) is 7.33. The van der Waals surface area contributed by atoms with Gasteiger partial charge in [-0.3, -0.25) is 0 Å². The number of hydrogen-bond acceptors (Lipinski definition) is 3. The van der Waals surface area contributed by atoms with E-state index in [4.69, 9.17) is 11.6 Å². The largest absolute Gasteiger partial charge is 0.356 e. The summed E-state index contributed by atoms with van der Waals surface area (Å²) in [5.41, 5.74) is 0.926. The minimum atomic E-state index is 0.339. The lowest BCUT2D eigenvalue weighted by Gasteiger charge is -2.32. The van der Waals surface area contributed by atoms with E-state index in [-0.39, 0.29) is 0 Å². The van der Waals surface area contributed by atoms with E-state index in [1.807, 2.05) is 18.2 Å². The molecule has 1 aromatic carbocycles. The van der Waals surface area contributed by atoms with Crippen molar-refractivity contribution >= 4 is 28.3 Å². The summed E-state index contributed by atoms with van der Waals surface area (Å²) in [4.78, 5) is 11.1. The number of piperidine rings is 1. The van der Waals surface area contributed by atoms with Gasteiger partial charge in [-0.1, -0.05) is 25.5 Å². The smallest absolute Gasteiger partial charge is 0.224 e. The highest BCUT2D eigenvalue weighted by Crippen LogP contribution is 2.29. The molecule has 2 heterocycles. The van der Waals surface area contributed by atoms with Crippen molar-refractivity contribution in [3.8, 4) is 0 Å². The predicted molar refractivity (Wildman–Crippen MR) is 79.8 cm³/mol. The van der Waals surface area contributed by atoms with Gasteiger partial charge in [-0.25, -0.2) is 4.98 Å². The zero-order valence-electron chi connectivity index (χ0n) is 11.1. The van der Waals surface area contributed by atoms with Crippen LogP contribution in [-0.2, 0) is 0 Å². The Morgan fingerprint density at radius 2 is 1.95 bits per heavy atom.